The molecule has 0 spiro atoms. The molecule has 2 aromatic rings. The fraction of sp³-hybridized carbons (Fsp3) is 0.600. The van der Waals surface area contributed by atoms with Crippen molar-refractivity contribution in [2.24, 2.45) is 0 Å². The van der Waals surface area contributed by atoms with E-state index in [1.807, 2.05) is 12.1 Å². The molecule has 0 radical (unpaired) electrons. The van der Waals surface area contributed by atoms with E-state index in [1.165, 1.54) is 25.7 Å². The predicted octanol–water partition coefficient (Wildman–Crippen LogP) is 2.04. The third-order valence-electron chi connectivity index (χ3n) is 4.67. The van der Waals surface area contributed by atoms with Gasteiger partial charge in [-0.05, 0) is 44.9 Å². The van der Waals surface area contributed by atoms with Gasteiger partial charge in [0.25, 0.3) is 0 Å². The van der Waals surface area contributed by atoms with E-state index >= 15 is 0 Å². The summed E-state index contributed by atoms with van der Waals surface area (Å²) in [5.41, 5.74) is 0. The Bertz CT molecular complexity index is 583. The smallest absolute Gasteiger partial charge is 0.241 e. The van der Waals surface area contributed by atoms with Gasteiger partial charge in [0.15, 0.2) is 5.76 Å². The molecule has 2 fully saturated rings. The molecule has 0 aromatic carbocycles. The second-order valence-electron chi connectivity index (χ2n) is 6.17. The minimum atomic E-state index is 0.522. The highest BCUT2D eigenvalue weighted by Gasteiger charge is 2.35. The first kappa shape index (κ1) is 13.0. The van der Waals surface area contributed by atoms with Crippen LogP contribution >= 0.6 is 0 Å². The zero-order valence-electron chi connectivity index (χ0n) is 12.2. The van der Waals surface area contributed by atoms with Crippen LogP contribution in [0.5, 0.6) is 0 Å². The molecule has 2 aromatic heterocycles. The molecule has 112 valence electrons. The Kier molecular flexibility index (Phi) is 3.27. The van der Waals surface area contributed by atoms with Gasteiger partial charge in [-0.25, -0.2) is 0 Å². The molecule has 2 atom stereocenters. The van der Waals surface area contributed by atoms with Crippen LogP contribution in [-0.4, -0.2) is 40.2 Å². The minimum absolute atomic E-state index is 0.522. The highest BCUT2D eigenvalue weighted by atomic mass is 16.5. The Morgan fingerprint density at radius 2 is 2.14 bits per heavy atom. The van der Waals surface area contributed by atoms with Crippen LogP contribution in [0.4, 0.5) is 0 Å². The lowest BCUT2D eigenvalue weighted by Gasteiger charge is -2.34. The average Bonchev–Trinajstić information content (AvgIpc) is 3.20. The zero-order chi connectivity index (χ0) is 14.2. The van der Waals surface area contributed by atoms with Gasteiger partial charge in [-0.2, -0.15) is 4.98 Å². The molecule has 1 N–H and O–H groups in total. The van der Waals surface area contributed by atoms with E-state index in [9.17, 15) is 0 Å². The Morgan fingerprint density at radius 3 is 2.86 bits per heavy atom. The molecule has 4 rings (SSSR count). The van der Waals surface area contributed by atoms with Gasteiger partial charge in [0.2, 0.25) is 11.7 Å². The maximum atomic E-state index is 5.34. The van der Waals surface area contributed by atoms with Crippen LogP contribution in [0.15, 0.2) is 27.3 Å². The van der Waals surface area contributed by atoms with Gasteiger partial charge >= 0.3 is 0 Å². The van der Waals surface area contributed by atoms with E-state index in [-0.39, 0.29) is 0 Å². The summed E-state index contributed by atoms with van der Waals surface area (Å²) in [6.07, 6.45) is 6.68. The molecule has 0 amide bonds. The number of nitrogens with one attached hydrogen (secondary N) is 1. The van der Waals surface area contributed by atoms with E-state index < -0.39 is 0 Å². The summed E-state index contributed by atoms with van der Waals surface area (Å²) in [7, 11) is 2.15. The summed E-state index contributed by atoms with van der Waals surface area (Å²) in [6.45, 7) is 0.692. The number of hydrogen-bond acceptors (Lipinski definition) is 6. The zero-order valence-corrected chi connectivity index (χ0v) is 12.2. The van der Waals surface area contributed by atoms with E-state index in [0.29, 0.717) is 42.1 Å². The van der Waals surface area contributed by atoms with Crippen molar-refractivity contribution in [2.75, 3.05) is 7.05 Å². The van der Waals surface area contributed by atoms with Crippen molar-refractivity contribution in [3.8, 4) is 11.6 Å². The van der Waals surface area contributed by atoms with Crippen molar-refractivity contribution < 1.29 is 8.94 Å². The lowest BCUT2D eigenvalue weighted by molar-refractivity contribution is 0.150. The van der Waals surface area contributed by atoms with Crippen LogP contribution in [0, 0.1) is 0 Å². The molecule has 6 heteroatoms. The number of piperidine rings is 1. The summed E-state index contributed by atoms with van der Waals surface area (Å²) >= 11 is 0. The summed E-state index contributed by atoms with van der Waals surface area (Å²) in [4.78, 5) is 6.75. The van der Waals surface area contributed by atoms with Crippen LogP contribution in [0.2, 0.25) is 0 Å². The number of rotatable bonds is 4. The lowest BCUT2D eigenvalue weighted by atomic mass is 9.98. The lowest BCUT2D eigenvalue weighted by Crippen LogP contribution is -2.46. The van der Waals surface area contributed by atoms with Crippen LogP contribution in [0.3, 0.4) is 0 Å². The molecule has 2 aliphatic heterocycles. The second-order valence-corrected chi connectivity index (χ2v) is 6.17. The molecule has 0 saturated carbocycles. The maximum Gasteiger partial charge on any atom is 0.241 e. The number of nitrogens with zero attached hydrogens (tertiary/aromatic N) is 3. The fourth-order valence-corrected chi connectivity index (χ4v) is 3.55. The van der Waals surface area contributed by atoms with Crippen molar-refractivity contribution in [1.82, 2.24) is 20.4 Å². The van der Waals surface area contributed by atoms with Crippen molar-refractivity contribution in [3.05, 3.63) is 24.3 Å². The van der Waals surface area contributed by atoms with Crippen molar-refractivity contribution in [3.63, 3.8) is 0 Å². The monoisotopic (exact) mass is 288 g/mol. The summed E-state index contributed by atoms with van der Waals surface area (Å²) in [6, 6.07) is 5.64. The molecule has 0 aliphatic carbocycles. The van der Waals surface area contributed by atoms with Crippen LogP contribution in [0.1, 0.15) is 31.6 Å². The topological polar surface area (TPSA) is 67.3 Å². The van der Waals surface area contributed by atoms with Crippen LogP contribution in [0.25, 0.3) is 11.6 Å². The molecule has 2 saturated heterocycles. The van der Waals surface area contributed by atoms with Crippen molar-refractivity contribution in [1.29, 1.82) is 0 Å². The summed E-state index contributed by atoms with van der Waals surface area (Å²) < 4.78 is 10.6. The Hall–Kier alpha value is -1.66. The van der Waals surface area contributed by atoms with Crippen LogP contribution < -0.4 is 5.32 Å². The van der Waals surface area contributed by atoms with Gasteiger partial charge in [0.05, 0.1) is 12.8 Å². The minimum Gasteiger partial charge on any atom is -0.461 e. The predicted molar refractivity (Wildman–Crippen MR) is 76.4 cm³/mol. The van der Waals surface area contributed by atoms with Gasteiger partial charge < -0.3 is 14.3 Å². The van der Waals surface area contributed by atoms with Gasteiger partial charge in [-0.1, -0.05) is 5.16 Å². The van der Waals surface area contributed by atoms with E-state index in [4.69, 9.17) is 8.94 Å². The van der Waals surface area contributed by atoms with E-state index in [0.717, 1.165) is 0 Å². The Labute approximate surface area is 123 Å². The molecule has 4 heterocycles. The van der Waals surface area contributed by atoms with Crippen molar-refractivity contribution >= 4 is 0 Å². The maximum absolute atomic E-state index is 5.34. The Morgan fingerprint density at radius 1 is 1.33 bits per heavy atom. The molecular formula is C15H20N4O2. The average molecular weight is 288 g/mol. The van der Waals surface area contributed by atoms with E-state index in [2.05, 4.69) is 27.4 Å². The summed E-state index contributed by atoms with van der Waals surface area (Å²) in [5, 5.41) is 7.65. The number of hydrogen-bond donors (Lipinski definition) is 1. The third-order valence-corrected chi connectivity index (χ3v) is 4.67. The third kappa shape index (κ3) is 2.61. The standard InChI is InChI=1S/C15H20N4O2/c1-19(12-7-10-4-5-11(8-12)16-10)9-14-17-15(18-21-14)13-3-2-6-20-13/h2-3,6,10-12,16H,4-5,7-9H2,1H3. The highest BCUT2D eigenvalue weighted by Crippen LogP contribution is 2.29. The quantitative estimate of drug-likeness (QED) is 0.928. The normalized spacial score (nSPS) is 28.4. The number of aromatic nitrogens is 2. The van der Waals surface area contributed by atoms with E-state index in [1.54, 1.807) is 6.26 Å². The first-order valence-corrected chi connectivity index (χ1v) is 7.60. The summed E-state index contributed by atoms with van der Waals surface area (Å²) in [5.74, 6) is 1.82. The number of furan rings is 1. The molecular weight excluding hydrogens is 268 g/mol. The molecule has 6 nitrogen and oxygen atoms in total. The van der Waals surface area contributed by atoms with Crippen molar-refractivity contribution in [2.45, 2.75) is 50.4 Å². The van der Waals surface area contributed by atoms with Gasteiger partial charge in [0.1, 0.15) is 0 Å². The number of fused-ring (bicyclic) bond motifs is 2. The first-order chi connectivity index (χ1) is 10.3. The largest absolute Gasteiger partial charge is 0.461 e. The molecule has 21 heavy (non-hydrogen) atoms. The highest BCUT2D eigenvalue weighted by molar-refractivity contribution is 5.44. The van der Waals surface area contributed by atoms with Gasteiger partial charge in [-0.3, -0.25) is 4.90 Å². The second kappa shape index (κ2) is 5.27. The Balaban J connectivity index is 1.41. The molecule has 2 unspecified atom stereocenters. The first-order valence-electron chi connectivity index (χ1n) is 7.60. The molecule has 2 aliphatic rings. The molecule has 2 bridgehead atoms. The van der Waals surface area contributed by atoms with Crippen LogP contribution in [-0.2, 0) is 6.54 Å². The fourth-order valence-electron chi connectivity index (χ4n) is 3.55. The van der Waals surface area contributed by atoms with Gasteiger partial charge in [-0.15, -0.1) is 0 Å². The SMILES string of the molecule is CN(Cc1nc(-c2ccco2)no1)C1CC2CCC(C1)N2. The van der Waals surface area contributed by atoms with Gasteiger partial charge in [0, 0.05) is 18.1 Å².